The summed E-state index contributed by atoms with van der Waals surface area (Å²) in [6, 6.07) is -1.95. The highest BCUT2D eigenvalue weighted by atomic mass is 16.4. The summed E-state index contributed by atoms with van der Waals surface area (Å²) in [6.45, 7) is 1.84. The van der Waals surface area contributed by atoms with E-state index in [1.807, 2.05) is 6.92 Å². The topological polar surface area (TPSA) is 89.9 Å². The zero-order valence-electron chi connectivity index (χ0n) is 9.59. The zero-order valence-corrected chi connectivity index (χ0v) is 9.59. The fraction of sp³-hybridized carbons (Fsp3) is 0.636. The normalized spacial score (nSPS) is 25.1. The van der Waals surface area contributed by atoms with Gasteiger partial charge in [0.1, 0.15) is 6.04 Å². The van der Waals surface area contributed by atoms with Crippen molar-refractivity contribution in [3.8, 4) is 12.3 Å². The largest absolute Gasteiger partial charge is 0.480 e. The van der Waals surface area contributed by atoms with Gasteiger partial charge in [-0.3, -0.25) is 0 Å². The number of aliphatic hydroxyl groups is 1. The maximum Gasteiger partial charge on any atom is 0.326 e. The van der Waals surface area contributed by atoms with Crippen LogP contribution in [0.1, 0.15) is 19.8 Å². The van der Waals surface area contributed by atoms with Crippen LogP contribution >= 0.6 is 0 Å². The number of amides is 2. The van der Waals surface area contributed by atoms with Gasteiger partial charge >= 0.3 is 12.0 Å². The van der Waals surface area contributed by atoms with Crippen molar-refractivity contribution < 1.29 is 19.8 Å². The Morgan fingerprint density at radius 2 is 2.29 bits per heavy atom. The minimum Gasteiger partial charge on any atom is -0.480 e. The molecule has 94 valence electrons. The monoisotopic (exact) mass is 240 g/mol. The van der Waals surface area contributed by atoms with Crippen molar-refractivity contribution in [1.82, 2.24) is 10.2 Å². The minimum atomic E-state index is -1.12. The summed E-state index contributed by atoms with van der Waals surface area (Å²) in [6.07, 6.45) is 5.02. The van der Waals surface area contributed by atoms with Gasteiger partial charge in [-0.1, -0.05) is 12.8 Å². The predicted molar refractivity (Wildman–Crippen MR) is 60.2 cm³/mol. The van der Waals surface area contributed by atoms with Gasteiger partial charge in [0.2, 0.25) is 0 Å². The Morgan fingerprint density at radius 1 is 1.65 bits per heavy atom. The molecule has 3 N–H and O–H groups in total. The molecule has 0 spiro atoms. The number of urea groups is 1. The molecule has 0 aromatic heterocycles. The standard InChI is InChI=1S/C11H16N2O4/c1-3-7(4-2)12-11(17)13-6-8(14)5-9(13)10(15)16/h1,7-9,14H,4-6H2,2H3,(H,12,17)(H,15,16)/t7?,8-,9-/m1/s1. The lowest BCUT2D eigenvalue weighted by Gasteiger charge is -2.23. The van der Waals surface area contributed by atoms with E-state index in [-0.39, 0.29) is 13.0 Å². The van der Waals surface area contributed by atoms with Crippen LogP contribution in [0, 0.1) is 12.3 Å². The van der Waals surface area contributed by atoms with Crippen molar-refractivity contribution >= 4 is 12.0 Å². The Kier molecular flexibility index (Phi) is 4.35. The molecule has 1 rings (SSSR count). The third-order valence-corrected chi connectivity index (χ3v) is 2.73. The summed E-state index contributed by atoms with van der Waals surface area (Å²) >= 11 is 0. The lowest BCUT2D eigenvalue weighted by molar-refractivity contribution is -0.141. The fourth-order valence-electron chi connectivity index (χ4n) is 1.77. The number of hydrogen-bond acceptors (Lipinski definition) is 3. The molecular formula is C11H16N2O4. The van der Waals surface area contributed by atoms with Crippen LogP contribution in [0.15, 0.2) is 0 Å². The number of nitrogens with one attached hydrogen (secondary N) is 1. The van der Waals surface area contributed by atoms with E-state index in [1.165, 1.54) is 0 Å². The highest BCUT2D eigenvalue weighted by Crippen LogP contribution is 2.18. The van der Waals surface area contributed by atoms with Crippen molar-refractivity contribution in [2.24, 2.45) is 0 Å². The molecule has 1 fully saturated rings. The van der Waals surface area contributed by atoms with Gasteiger partial charge < -0.3 is 20.4 Å². The van der Waals surface area contributed by atoms with Crippen molar-refractivity contribution in [3.63, 3.8) is 0 Å². The Bertz CT molecular complexity index is 350. The lowest BCUT2D eigenvalue weighted by atomic mass is 10.2. The highest BCUT2D eigenvalue weighted by molar-refractivity contribution is 5.83. The van der Waals surface area contributed by atoms with E-state index in [4.69, 9.17) is 11.5 Å². The number of aliphatic carboxylic acids is 1. The van der Waals surface area contributed by atoms with Gasteiger partial charge in [0.05, 0.1) is 12.1 Å². The molecular weight excluding hydrogens is 224 g/mol. The second-order valence-corrected chi connectivity index (χ2v) is 3.97. The zero-order chi connectivity index (χ0) is 13.0. The number of carbonyl (C=O) groups is 2. The summed E-state index contributed by atoms with van der Waals surface area (Å²) in [7, 11) is 0. The lowest BCUT2D eigenvalue weighted by Crippen LogP contribution is -2.48. The third-order valence-electron chi connectivity index (χ3n) is 2.73. The highest BCUT2D eigenvalue weighted by Gasteiger charge is 2.39. The number of carboxylic acids is 1. The molecule has 0 radical (unpaired) electrons. The van der Waals surface area contributed by atoms with Crippen molar-refractivity contribution in [2.45, 2.75) is 38.0 Å². The first-order valence-electron chi connectivity index (χ1n) is 5.43. The number of likely N-dealkylation sites (tertiary alicyclic amines) is 1. The molecule has 0 aliphatic carbocycles. The molecule has 2 amide bonds. The maximum atomic E-state index is 11.8. The molecule has 0 aromatic rings. The molecule has 3 atom stereocenters. The van der Waals surface area contributed by atoms with E-state index >= 15 is 0 Å². The number of carbonyl (C=O) groups excluding carboxylic acids is 1. The van der Waals surface area contributed by atoms with Gasteiger partial charge in [0.15, 0.2) is 0 Å². The smallest absolute Gasteiger partial charge is 0.326 e. The Hall–Kier alpha value is -1.74. The summed E-state index contributed by atoms with van der Waals surface area (Å²) in [5.41, 5.74) is 0. The van der Waals surface area contributed by atoms with Crippen molar-refractivity contribution in [3.05, 3.63) is 0 Å². The first-order chi connectivity index (χ1) is 7.99. The third kappa shape index (κ3) is 3.11. The van der Waals surface area contributed by atoms with Gasteiger partial charge in [-0.05, 0) is 6.42 Å². The second-order valence-electron chi connectivity index (χ2n) is 3.97. The second kappa shape index (κ2) is 5.55. The van der Waals surface area contributed by atoms with Gasteiger partial charge in [0.25, 0.3) is 0 Å². The first-order valence-corrected chi connectivity index (χ1v) is 5.43. The summed E-state index contributed by atoms with van der Waals surface area (Å²) in [5.74, 6) is 1.27. The summed E-state index contributed by atoms with van der Waals surface area (Å²) < 4.78 is 0. The van der Waals surface area contributed by atoms with Crippen LogP contribution in [0.4, 0.5) is 4.79 Å². The average Bonchev–Trinajstić information content (AvgIpc) is 2.68. The molecule has 6 nitrogen and oxygen atoms in total. The molecule has 0 aromatic carbocycles. The number of hydrogen-bond donors (Lipinski definition) is 3. The number of carboxylic acid groups (broad SMARTS) is 1. The van der Waals surface area contributed by atoms with Gasteiger partial charge in [-0.25, -0.2) is 9.59 Å². The minimum absolute atomic E-state index is 0.0177. The quantitative estimate of drug-likeness (QED) is 0.587. The van der Waals surface area contributed by atoms with Crippen LogP contribution < -0.4 is 5.32 Å². The molecule has 1 heterocycles. The van der Waals surface area contributed by atoms with E-state index in [1.54, 1.807) is 0 Å². The summed E-state index contributed by atoms with van der Waals surface area (Å²) in [4.78, 5) is 23.8. The number of aliphatic hydroxyl groups excluding tert-OH is 1. The van der Waals surface area contributed by atoms with Crippen LogP contribution in [-0.4, -0.2) is 51.8 Å². The maximum absolute atomic E-state index is 11.8. The number of nitrogens with zero attached hydrogens (tertiary/aromatic N) is 1. The number of rotatable bonds is 3. The van der Waals surface area contributed by atoms with E-state index < -0.39 is 30.2 Å². The fourth-order valence-corrected chi connectivity index (χ4v) is 1.77. The van der Waals surface area contributed by atoms with Gasteiger partial charge in [0, 0.05) is 13.0 Å². The first kappa shape index (κ1) is 13.3. The molecule has 0 saturated carbocycles. The SMILES string of the molecule is C#CC(CC)NC(=O)N1C[C@H](O)C[C@@H]1C(=O)O. The van der Waals surface area contributed by atoms with Crippen LogP contribution in [0.5, 0.6) is 0 Å². The van der Waals surface area contributed by atoms with E-state index in [0.29, 0.717) is 6.42 Å². The molecule has 17 heavy (non-hydrogen) atoms. The molecule has 6 heteroatoms. The molecule has 1 unspecified atom stereocenters. The molecule has 1 aliphatic rings. The Morgan fingerprint density at radius 3 is 2.76 bits per heavy atom. The van der Waals surface area contributed by atoms with Crippen LogP contribution in [0.3, 0.4) is 0 Å². The average molecular weight is 240 g/mol. The number of β-amino-alcohol motifs (C(OH)–C–C–N with tert-alkyl or cyclic N) is 1. The number of terminal acetylenes is 1. The van der Waals surface area contributed by atoms with E-state index in [2.05, 4.69) is 11.2 Å². The van der Waals surface area contributed by atoms with Gasteiger partial charge in [-0.2, -0.15) is 0 Å². The molecule has 0 bridgehead atoms. The summed E-state index contributed by atoms with van der Waals surface area (Å²) in [5, 5.41) is 20.9. The Balaban J connectivity index is 2.68. The van der Waals surface area contributed by atoms with E-state index in [9.17, 15) is 14.7 Å². The van der Waals surface area contributed by atoms with Gasteiger partial charge in [-0.15, -0.1) is 6.42 Å². The molecule has 1 saturated heterocycles. The van der Waals surface area contributed by atoms with Crippen molar-refractivity contribution in [2.75, 3.05) is 6.54 Å². The van der Waals surface area contributed by atoms with Crippen LogP contribution in [0.25, 0.3) is 0 Å². The molecule has 1 aliphatic heterocycles. The van der Waals surface area contributed by atoms with E-state index in [0.717, 1.165) is 4.90 Å². The predicted octanol–water partition coefficient (Wildman–Crippen LogP) is -0.372. The van der Waals surface area contributed by atoms with Crippen LogP contribution in [0.2, 0.25) is 0 Å². The van der Waals surface area contributed by atoms with Crippen LogP contribution in [-0.2, 0) is 4.79 Å². The Labute approximate surface area is 99.6 Å². The van der Waals surface area contributed by atoms with Crippen molar-refractivity contribution in [1.29, 1.82) is 0 Å².